The first-order valence-corrected chi connectivity index (χ1v) is 13.6. The van der Waals surface area contributed by atoms with Crippen LogP contribution in [-0.2, 0) is 27.3 Å². The monoisotopic (exact) mass is 526 g/mol. The van der Waals surface area contributed by atoms with E-state index >= 15 is 0 Å². The number of carbonyl (C=O) groups is 2. The second-order valence-corrected chi connectivity index (χ2v) is 10.9. The highest BCUT2D eigenvalue weighted by Gasteiger charge is 2.42. The molecule has 1 amide bonds. The van der Waals surface area contributed by atoms with Crippen LogP contribution in [-0.4, -0.2) is 34.8 Å². The van der Waals surface area contributed by atoms with E-state index in [2.05, 4.69) is 36.4 Å². The molecule has 0 radical (unpaired) electrons. The van der Waals surface area contributed by atoms with Crippen molar-refractivity contribution in [2.24, 2.45) is 10.5 Å². The summed E-state index contributed by atoms with van der Waals surface area (Å²) in [5.74, 6) is 0.272. The van der Waals surface area contributed by atoms with Gasteiger partial charge in [0.25, 0.3) is 5.91 Å². The van der Waals surface area contributed by atoms with Crippen LogP contribution in [0.3, 0.4) is 0 Å². The Labute approximate surface area is 231 Å². The van der Waals surface area contributed by atoms with Crippen LogP contribution in [0.25, 0.3) is 11.1 Å². The number of hydrogen-bond donors (Lipinski definition) is 0. The molecule has 0 bridgehead atoms. The summed E-state index contributed by atoms with van der Waals surface area (Å²) in [4.78, 5) is 25.3. The molecule has 3 aromatic carbocycles. The molecule has 6 nitrogen and oxygen atoms in total. The molecule has 0 saturated heterocycles. The van der Waals surface area contributed by atoms with Crippen LogP contribution in [0.5, 0.6) is 5.75 Å². The number of esters is 1. The molecule has 0 N–H and O–H groups in total. The smallest absolute Gasteiger partial charge is 0.349 e. The van der Waals surface area contributed by atoms with Crippen LogP contribution in [0.1, 0.15) is 58.6 Å². The summed E-state index contributed by atoms with van der Waals surface area (Å²) in [6.45, 7) is 9.89. The molecule has 3 aromatic rings. The van der Waals surface area contributed by atoms with Gasteiger partial charge in [0.15, 0.2) is 5.60 Å². The average Bonchev–Trinajstić information content (AvgIpc) is 3.13. The molecule has 39 heavy (non-hydrogen) atoms. The van der Waals surface area contributed by atoms with Crippen molar-refractivity contribution in [1.82, 2.24) is 5.01 Å². The SMILES string of the molecule is CCOC(=O)C(C)(C)Oc1ccc(CCCC2=NN(Cc3ccc(-c4ccccc4)cc3)C(=O)C2(C)C)cc1. The Balaban J connectivity index is 1.32. The van der Waals surface area contributed by atoms with Crippen molar-refractivity contribution in [2.75, 3.05) is 6.61 Å². The van der Waals surface area contributed by atoms with Crippen LogP contribution >= 0.6 is 0 Å². The number of nitrogens with zero attached hydrogens (tertiary/aromatic N) is 2. The van der Waals surface area contributed by atoms with Gasteiger partial charge in [-0.1, -0.05) is 66.7 Å². The molecule has 1 aliphatic rings. The molecule has 0 atom stereocenters. The normalized spacial score (nSPS) is 14.7. The van der Waals surface area contributed by atoms with Crippen molar-refractivity contribution in [3.63, 3.8) is 0 Å². The first kappa shape index (κ1) is 28.1. The number of benzene rings is 3. The van der Waals surface area contributed by atoms with Crippen molar-refractivity contribution >= 4 is 17.6 Å². The highest BCUT2D eigenvalue weighted by molar-refractivity contribution is 6.11. The average molecular weight is 527 g/mol. The first-order valence-electron chi connectivity index (χ1n) is 13.6. The van der Waals surface area contributed by atoms with E-state index in [1.807, 2.05) is 56.3 Å². The van der Waals surface area contributed by atoms with Crippen molar-refractivity contribution in [3.05, 3.63) is 90.0 Å². The van der Waals surface area contributed by atoms with Crippen LogP contribution in [0, 0.1) is 5.41 Å². The van der Waals surface area contributed by atoms with Gasteiger partial charge in [-0.2, -0.15) is 5.10 Å². The van der Waals surface area contributed by atoms with Gasteiger partial charge in [-0.3, -0.25) is 4.79 Å². The maximum absolute atomic E-state index is 13.2. The fourth-order valence-electron chi connectivity index (χ4n) is 4.66. The zero-order chi connectivity index (χ0) is 28.0. The first-order chi connectivity index (χ1) is 18.6. The Morgan fingerprint density at radius 2 is 1.49 bits per heavy atom. The van der Waals surface area contributed by atoms with Gasteiger partial charge >= 0.3 is 5.97 Å². The maximum Gasteiger partial charge on any atom is 0.349 e. The van der Waals surface area contributed by atoms with Gasteiger partial charge in [0.05, 0.1) is 24.3 Å². The minimum absolute atomic E-state index is 0.0374. The fourth-order valence-corrected chi connectivity index (χ4v) is 4.66. The molecule has 0 spiro atoms. The van der Waals surface area contributed by atoms with Gasteiger partial charge in [-0.25, -0.2) is 9.80 Å². The third-order valence-corrected chi connectivity index (χ3v) is 7.07. The summed E-state index contributed by atoms with van der Waals surface area (Å²) in [5.41, 5.74) is 3.80. The summed E-state index contributed by atoms with van der Waals surface area (Å²) in [7, 11) is 0. The predicted octanol–water partition coefficient (Wildman–Crippen LogP) is 6.82. The molecular weight excluding hydrogens is 488 g/mol. The minimum Gasteiger partial charge on any atom is -0.476 e. The zero-order valence-corrected chi connectivity index (χ0v) is 23.6. The lowest BCUT2D eigenvalue weighted by Crippen LogP contribution is -2.39. The van der Waals surface area contributed by atoms with Gasteiger partial charge in [-0.15, -0.1) is 0 Å². The predicted molar refractivity (Wildman–Crippen MR) is 154 cm³/mol. The van der Waals surface area contributed by atoms with E-state index in [0.717, 1.165) is 41.7 Å². The molecule has 204 valence electrons. The van der Waals surface area contributed by atoms with Crippen molar-refractivity contribution in [1.29, 1.82) is 0 Å². The highest BCUT2D eigenvalue weighted by Crippen LogP contribution is 2.32. The fraction of sp³-hybridized carbons (Fsp3) is 0.364. The number of carbonyl (C=O) groups excluding carboxylic acids is 2. The summed E-state index contributed by atoms with van der Waals surface area (Å²) in [5, 5.41) is 6.37. The lowest BCUT2D eigenvalue weighted by atomic mass is 9.84. The number of amides is 1. The van der Waals surface area contributed by atoms with E-state index in [1.54, 1.807) is 25.8 Å². The Bertz CT molecular complexity index is 1310. The molecule has 1 aliphatic heterocycles. The quantitative estimate of drug-likeness (QED) is 0.257. The van der Waals surface area contributed by atoms with E-state index < -0.39 is 11.0 Å². The van der Waals surface area contributed by atoms with E-state index in [4.69, 9.17) is 14.6 Å². The Morgan fingerprint density at radius 3 is 2.13 bits per heavy atom. The van der Waals surface area contributed by atoms with Crippen LogP contribution in [0.2, 0.25) is 0 Å². The third-order valence-electron chi connectivity index (χ3n) is 7.07. The van der Waals surface area contributed by atoms with Crippen LogP contribution < -0.4 is 4.74 Å². The lowest BCUT2D eigenvalue weighted by molar-refractivity contribution is -0.158. The van der Waals surface area contributed by atoms with Crippen molar-refractivity contribution in [2.45, 2.75) is 66.0 Å². The second kappa shape index (κ2) is 11.9. The topological polar surface area (TPSA) is 68.2 Å². The summed E-state index contributed by atoms with van der Waals surface area (Å²) in [6, 6.07) is 26.3. The zero-order valence-electron chi connectivity index (χ0n) is 23.6. The molecule has 0 fully saturated rings. The van der Waals surface area contributed by atoms with E-state index in [-0.39, 0.29) is 11.9 Å². The van der Waals surface area contributed by atoms with Gasteiger partial charge in [0.2, 0.25) is 0 Å². The molecule has 1 heterocycles. The molecule has 0 unspecified atom stereocenters. The molecule has 0 aromatic heterocycles. The van der Waals surface area contributed by atoms with Crippen molar-refractivity contribution < 1.29 is 19.1 Å². The number of hydrazone groups is 1. The van der Waals surface area contributed by atoms with E-state index in [9.17, 15) is 9.59 Å². The van der Waals surface area contributed by atoms with Gasteiger partial charge in [0, 0.05) is 0 Å². The maximum atomic E-state index is 13.2. The van der Waals surface area contributed by atoms with Crippen LogP contribution in [0.4, 0.5) is 0 Å². The second-order valence-electron chi connectivity index (χ2n) is 10.9. The van der Waals surface area contributed by atoms with Crippen molar-refractivity contribution in [3.8, 4) is 16.9 Å². The van der Waals surface area contributed by atoms with Crippen LogP contribution in [0.15, 0.2) is 84.0 Å². The third kappa shape index (κ3) is 6.75. The largest absolute Gasteiger partial charge is 0.476 e. The molecule has 0 aliphatic carbocycles. The molecular formula is C33H38N2O4. The summed E-state index contributed by atoms with van der Waals surface area (Å²) in [6.07, 6.45) is 2.48. The Hall–Kier alpha value is -3.93. The number of hydrogen-bond acceptors (Lipinski definition) is 5. The van der Waals surface area contributed by atoms with Gasteiger partial charge in [0.1, 0.15) is 5.75 Å². The molecule has 4 rings (SSSR count). The Kier molecular flexibility index (Phi) is 8.54. The minimum atomic E-state index is -1.05. The van der Waals surface area contributed by atoms with E-state index in [0.29, 0.717) is 18.9 Å². The molecule has 0 saturated carbocycles. The standard InChI is InChI=1S/C33H38N2O4/c1-6-38-31(37)33(4,5)39-28-21-17-24(18-22-28)11-10-14-29-32(2,3)30(36)35(34-29)23-25-15-19-27(20-16-25)26-12-8-7-9-13-26/h7-9,12-13,15-22H,6,10-11,14,23H2,1-5H3. The number of rotatable bonds is 11. The Morgan fingerprint density at radius 1 is 0.872 bits per heavy atom. The highest BCUT2D eigenvalue weighted by atomic mass is 16.6. The number of ether oxygens (including phenoxy) is 2. The summed E-state index contributed by atoms with van der Waals surface area (Å²) >= 11 is 0. The lowest BCUT2D eigenvalue weighted by Gasteiger charge is -2.24. The van der Waals surface area contributed by atoms with Gasteiger partial charge < -0.3 is 9.47 Å². The molecule has 6 heteroatoms. The summed E-state index contributed by atoms with van der Waals surface area (Å²) < 4.78 is 10.9. The number of aryl methyl sites for hydroxylation is 1. The van der Waals surface area contributed by atoms with Gasteiger partial charge in [-0.05, 0) is 88.3 Å². The van der Waals surface area contributed by atoms with E-state index in [1.165, 1.54) is 5.56 Å².